The topological polar surface area (TPSA) is 98.5 Å². The number of hydrogen-bond donors (Lipinski definition) is 0. The summed E-state index contributed by atoms with van der Waals surface area (Å²) in [6.07, 6.45) is 3.37. The quantitative estimate of drug-likeness (QED) is 0.661. The molecule has 1 fully saturated rings. The first-order chi connectivity index (χ1) is 13.4. The highest BCUT2D eigenvalue weighted by Gasteiger charge is 2.35. The third kappa shape index (κ3) is 3.18. The summed E-state index contributed by atoms with van der Waals surface area (Å²) in [6.45, 7) is 4.50. The molecule has 0 aliphatic carbocycles. The highest BCUT2D eigenvalue weighted by molar-refractivity contribution is 7.89. The highest BCUT2D eigenvalue weighted by Crippen LogP contribution is 2.35. The molecule has 3 heterocycles. The maximum Gasteiger partial charge on any atom is 0.419 e. The Kier molecular flexibility index (Phi) is 4.88. The molecule has 1 aromatic carbocycles. The van der Waals surface area contributed by atoms with E-state index in [4.69, 9.17) is 8.94 Å². The zero-order chi connectivity index (χ0) is 19.9. The van der Waals surface area contributed by atoms with Crippen LogP contribution in [0.5, 0.6) is 0 Å². The Morgan fingerprint density at radius 3 is 2.75 bits per heavy atom. The number of aromatic nitrogens is 2. The molecule has 1 saturated heterocycles. The molecule has 0 unspecified atom stereocenters. The summed E-state index contributed by atoms with van der Waals surface area (Å²) in [7, 11) is -3.79. The van der Waals surface area contributed by atoms with Crippen molar-refractivity contribution in [2.45, 2.75) is 57.0 Å². The second-order valence-electron chi connectivity index (χ2n) is 7.09. The summed E-state index contributed by atoms with van der Waals surface area (Å²) in [5, 5.41) is 4.07. The molecular formula is C19H23N3O5S. The van der Waals surface area contributed by atoms with Crippen LogP contribution in [0.2, 0.25) is 0 Å². The molecule has 0 N–H and O–H groups in total. The first kappa shape index (κ1) is 18.9. The van der Waals surface area contributed by atoms with E-state index in [2.05, 4.69) is 5.16 Å². The van der Waals surface area contributed by atoms with E-state index in [9.17, 15) is 13.2 Å². The van der Waals surface area contributed by atoms with Crippen LogP contribution in [-0.2, 0) is 16.6 Å². The number of nitrogens with zero attached hydrogens (tertiary/aromatic N) is 3. The van der Waals surface area contributed by atoms with Crippen molar-refractivity contribution in [2.24, 2.45) is 0 Å². The van der Waals surface area contributed by atoms with Crippen LogP contribution in [-0.4, -0.2) is 29.0 Å². The summed E-state index contributed by atoms with van der Waals surface area (Å²) >= 11 is 0. The Morgan fingerprint density at radius 1 is 1.21 bits per heavy atom. The van der Waals surface area contributed by atoms with Gasteiger partial charge in [0.1, 0.15) is 11.5 Å². The monoisotopic (exact) mass is 405 g/mol. The van der Waals surface area contributed by atoms with Gasteiger partial charge in [-0.3, -0.25) is 4.57 Å². The minimum absolute atomic E-state index is 0.115. The second-order valence-corrected chi connectivity index (χ2v) is 8.98. The van der Waals surface area contributed by atoms with E-state index in [0.29, 0.717) is 36.5 Å². The van der Waals surface area contributed by atoms with Crippen molar-refractivity contribution in [1.82, 2.24) is 14.0 Å². The van der Waals surface area contributed by atoms with E-state index in [1.54, 1.807) is 19.1 Å². The normalized spacial score (nSPS) is 19.1. The minimum Gasteiger partial charge on any atom is -0.408 e. The van der Waals surface area contributed by atoms with Gasteiger partial charge in [0, 0.05) is 25.2 Å². The van der Waals surface area contributed by atoms with Gasteiger partial charge in [0.15, 0.2) is 5.58 Å². The van der Waals surface area contributed by atoms with Gasteiger partial charge in [-0.1, -0.05) is 18.0 Å². The van der Waals surface area contributed by atoms with Crippen molar-refractivity contribution in [3.63, 3.8) is 0 Å². The molecule has 0 saturated carbocycles. The fourth-order valence-corrected chi connectivity index (χ4v) is 5.53. The predicted octanol–water partition coefficient (Wildman–Crippen LogP) is 3.22. The van der Waals surface area contributed by atoms with Crippen LogP contribution < -0.4 is 5.76 Å². The maximum absolute atomic E-state index is 13.5. The average Bonchev–Trinajstić information content (AvgIpc) is 3.12. The Morgan fingerprint density at radius 2 is 2.04 bits per heavy atom. The van der Waals surface area contributed by atoms with Crippen LogP contribution in [0.3, 0.4) is 0 Å². The molecule has 1 aliphatic rings. The number of aryl methyl sites for hydroxylation is 2. The molecule has 150 valence electrons. The lowest BCUT2D eigenvalue weighted by Gasteiger charge is -2.27. The second kappa shape index (κ2) is 7.21. The fraction of sp³-hybridized carbons (Fsp3) is 0.474. The lowest BCUT2D eigenvalue weighted by molar-refractivity contribution is 0.304. The number of benzene rings is 1. The number of hydrogen-bond acceptors (Lipinski definition) is 6. The van der Waals surface area contributed by atoms with Crippen molar-refractivity contribution >= 4 is 21.1 Å². The molecule has 28 heavy (non-hydrogen) atoms. The summed E-state index contributed by atoms with van der Waals surface area (Å²) in [6, 6.07) is 6.03. The van der Waals surface area contributed by atoms with Crippen molar-refractivity contribution in [3.8, 4) is 0 Å². The molecule has 3 aromatic rings. The van der Waals surface area contributed by atoms with Gasteiger partial charge in [0.05, 0.1) is 16.5 Å². The molecule has 1 atom stereocenters. The van der Waals surface area contributed by atoms with Crippen LogP contribution in [0.25, 0.3) is 11.1 Å². The van der Waals surface area contributed by atoms with Gasteiger partial charge >= 0.3 is 5.76 Å². The minimum atomic E-state index is -3.79. The first-order valence-corrected chi connectivity index (χ1v) is 10.9. The van der Waals surface area contributed by atoms with Crippen molar-refractivity contribution in [3.05, 3.63) is 46.3 Å². The third-order valence-corrected chi connectivity index (χ3v) is 7.16. The summed E-state index contributed by atoms with van der Waals surface area (Å²) < 4.78 is 40.4. The zero-order valence-electron chi connectivity index (χ0n) is 15.9. The Labute approximate surface area is 162 Å². The number of fused-ring (bicyclic) bond motifs is 1. The molecule has 0 bridgehead atoms. The number of oxazole rings is 1. The largest absolute Gasteiger partial charge is 0.419 e. The lowest BCUT2D eigenvalue weighted by atomic mass is 10.1. The SMILES string of the molecule is CCn1c(=O)oc2cc(S(=O)(=O)N3CCCCC[C@@H]3c3cc(C)on3)ccc21. The van der Waals surface area contributed by atoms with E-state index >= 15 is 0 Å². The molecule has 9 heteroatoms. The van der Waals surface area contributed by atoms with E-state index in [1.165, 1.54) is 21.0 Å². The molecule has 0 spiro atoms. The summed E-state index contributed by atoms with van der Waals surface area (Å²) in [5.41, 5.74) is 1.50. The molecular weight excluding hydrogens is 382 g/mol. The molecule has 0 radical (unpaired) electrons. The zero-order valence-corrected chi connectivity index (χ0v) is 16.7. The van der Waals surface area contributed by atoms with Crippen LogP contribution >= 0.6 is 0 Å². The van der Waals surface area contributed by atoms with Gasteiger partial charge in [-0.2, -0.15) is 4.31 Å². The fourth-order valence-electron chi connectivity index (χ4n) is 3.85. The smallest absolute Gasteiger partial charge is 0.408 e. The van der Waals surface area contributed by atoms with Crippen LogP contribution in [0.1, 0.15) is 50.1 Å². The molecule has 0 amide bonds. The van der Waals surface area contributed by atoms with Crippen LogP contribution in [0, 0.1) is 6.92 Å². The molecule has 4 rings (SSSR count). The first-order valence-electron chi connectivity index (χ1n) is 9.50. The Hall–Kier alpha value is -2.39. The number of sulfonamides is 1. The predicted molar refractivity (Wildman–Crippen MR) is 102 cm³/mol. The van der Waals surface area contributed by atoms with E-state index in [0.717, 1.165) is 19.3 Å². The maximum atomic E-state index is 13.5. The van der Waals surface area contributed by atoms with E-state index in [1.807, 2.05) is 6.92 Å². The Balaban J connectivity index is 1.78. The van der Waals surface area contributed by atoms with Gasteiger partial charge < -0.3 is 8.94 Å². The highest BCUT2D eigenvalue weighted by atomic mass is 32.2. The molecule has 8 nitrogen and oxygen atoms in total. The molecule has 1 aliphatic heterocycles. The van der Waals surface area contributed by atoms with Crippen molar-refractivity contribution in [1.29, 1.82) is 0 Å². The van der Waals surface area contributed by atoms with Gasteiger partial charge in [-0.05, 0) is 38.8 Å². The molecule has 2 aromatic heterocycles. The number of rotatable bonds is 4. The average molecular weight is 405 g/mol. The van der Waals surface area contributed by atoms with Gasteiger partial charge in [-0.25, -0.2) is 13.2 Å². The summed E-state index contributed by atoms with van der Waals surface area (Å²) in [5.74, 6) is 0.165. The summed E-state index contributed by atoms with van der Waals surface area (Å²) in [4.78, 5) is 12.0. The van der Waals surface area contributed by atoms with Crippen molar-refractivity contribution < 1.29 is 17.4 Å². The Bertz CT molecular complexity index is 1160. The van der Waals surface area contributed by atoms with E-state index < -0.39 is 15.8 Å². The van der Waals surface area contributed by atoms with Crippen LogP contribution in [0.4, 0.5) is 0 Å². The van der Waals surface area contributed by atoms with Gasteiger partial charge in [0.2, 0.25) is 10.0 Å². The van der Waals surface area contributed by atoms with Gasteiger partial charge in [0.25, 0.3) is 0 Å². The van der Waals surface area contributed by atoms with E-state index in [-0.39, 0.29) is 16.5 Å². The van der Waals surface area contributed by atoms with Crippen LogP contribution in [0.15, 0.2) is 42.9 Å². The lowest BCUT2D eigenvalue weighted by Crippen LogP contribution is -2.35. The third-order valence-electron chi connectivity index (χ3n) is 5.25. The van der Waals surface area contributed by atoms with Gasteiger partial charge in [-0.15, -0.1) is 0 Å². The van der Waals surface area contributed by atoms with Crippen molar-refractivity contribution in [2.75, 3.05) is 6.54 Å². The standard InChI is InChI=1S/C19H23N3O5S/c1-3-21-17-9-8-14(12-18(17)26-19(21)23)28(24,25)22-10-6-4-5-7-16(22)15-11-13(2)27-20-15/h8-9,11-12,16H,3-7,10H2,1-2H3/t16-/m1/s1.